The summed E-state index contributed by atoms with van der Waals surface area (Å²) in [5, 5.41) is 0. The summed E-state index contributed by atoms with van der Waals surface area (Å²) in [4.78, 5) is 15.0. The molecular formula is C19H27NO3. The van der Waals surface area contributed by atoms with Gasteiger partial charge in [0.25, 0.3) is 11.7 Å². The second-order valence-corrected chi connectivity index (χ2v) is 6.66. The Morgan fingerprint density at radius 3 is 2.57 bits per heavy atom. The zero-order valence-corrected chi connectivity index (χ0v) is 14.5. The average molecular weight is 317 g/mol. The third-order valence-corrected chi connectivity index (χ3v) is 4.73. The van der Waals surface area contributed by atoms with Crippen LogP contribution in [-0.4, -0.2) is 25.7 Å². The third-order valence-electron chi connectivity index (χ3n) is 4.73. The van der Waals surface area contributed by atoms with Crippen molar-refractivity contribution in [1.82, 2.24) is 0 Å². The molecule has 1 saturated heterocycles. The summed E-state index contributed by atoms with van der Waals surface area (Å²) < 4.78 is 11.8. The van der Waals surface area contributed by atoms with Crippen LogP contribution in [0.3, 0.4) is 0 Å². The van der Waals surface area contributed by atoms with Gasteiger partial charge in [-0.15, -0.1) is 0 Å². The van der Waals surface area contributed by atoms with Gasteiger partial charge in [0.15, 0.2) is 0 Å². The molecule has 4 heteroatoms. The topological polar surface area (TPSA) is 38.8 Å². The van der Waals surface area contributed by atoms with Crippen LogP contribution in [0.2, 0.25) is 0 Å². The molecule has 0 unspecified atom stereocenters. The van der Waals surface area contributed by atoms with Crippen LogP contribution in [0.25, 0.3) is 0 Å². The van der Waals surface area contributed by atoms with Crippen LogP contribution >= 0.6 is 0 Å². The van der Waals surface area contributed by atoms with Crippen LogP contribution in [0.5, 0.6) is 0 Å². The van der Waals surface area contributed by atoms with E-state index >= 15 is 0 Å². The maximum atomic E-state index is 13.1. The summed E-state index contributed by atoms with van der Waals surface area (Å²) in [6, 6.07) is 4.19. The lowest BCUT2D eigenvalue weighted by molar-refractivity contribution is -0.256. The number of rotatable bonds is 5. The quantitative estimate of drug-likeness (QED) is 0.775. The summed E-state index contributed by atoms with van der Waals surface area (Å²) in [5.41, 5.74) is 4.16. The predicted molar refractivity (Wildman–Crippen MR) is 90.6 cm³/mol. The van der Waals surface area contributed by atoms with Gasteiger partial charge in [-0.3, -0.25) is 4.79 Å². The van der Waals surface area contributed by atoms with E-state index in [0.717, 1.165) is 48.2 Å². The van der Waals surface area contributed by atoms with Crippen molar-refractivity contribution >= 4 is 11.6 Å². The van der Waals surface area contributed by atoms with E-state index in [2.05, 4.69) is 32.9 Å². The molecule has 1 aromatic carbocycles. The monoisotopic (exact) mass is 317 g/mol. The average Bonchev–Trinajstić information content (AvgIpc) is 2.75. The van der Waals surface area contributed by atoms with Crippen molar-refractivity contribution in [2.45, 2.75) is 58.7 Å². The van der Waals surface area contributed by atoms with E-state index in [1.54, 1.807) is 0 Å². The normalized spacial score (nSPS) is 19.4. The Bertz CT molecular complexity index is 591. The molecule has 0 atom stereocenters. The Morgan fingerprint density at radius 2 is 1.87 bits per heavy atom. The highest BCUT2D eigenvalue weighted by Gasteiger charge is 2.55. The van der Waals surface area contributed by atoms with Gasteiger partial charge < -0.3 is 14.4 Å². The van der Waals surface area contributed by atoms with Crippen LogP contribution in [0.1, 0.15) is 55.7 Å². The molecule has 23 heavy (non-hydrogen) atoms. The standard InChI is InChI=1S/C19H27NO3/c1-4-5-6-7-9-20-17-15(3)12-14(2)13-16(17)19(18(20)21)22-10-8-11-23-19/h12-13H,4-11H2,1-3H3. The first-order valence-corrected chi connectivity index (χ1v) is 8.81. The number of hydrogen-bond donors (Lipinski definition) is 0. The fraction of sp³-hybridized carbons (Fsp3) is 0.632. The van der Waals surface area contributed by atoms with Crippen molar-refractivity contribution in [2.75, 3.05) is 24.7 Å². The smallest absolute Gasteiger partial charge is 0.292 e. The number of hydrogen-bond acceptors (Lipinski definition) is 3. The van der Waals surface area contributed by atoms with Gasteiger partial charge in [0.2, 0.25) is 0 Å². The third kappa shape index (κ3) is 2.79. The number of carbonyl (C=O) groups excluding carboxylic acids is 1. The van der Waals surface area contributed by atoms with Gasteiger partial charge in [0, 0.05) is 12.1 Å². The minimum absolute atomic E-state index is 0.0441. The van der Waals surface area contributed by atoms with E-state index in [4.69, 9.17) is 9.47 Å². The van der Waals surface area contributed by atoms with Gasteiger partial charge >= 0.3 is 0 Å². The van der Waals surface area contributed by atoms with Crippen molar-refractivity contribution in [2.24, 2.45) is 0 Å². The van der Waals surface area contributed by atoms with Crippen LogP contribution in [-0.2, 0) is 20.1 Å². The van der Waals surface area contributed by atoms with Crippen LogP contribution in [0, 0.1) is 13.8 Å². The molecule has 2 aliphatic heterocycles. The first-order chi connectivity index (χ1) is 11.1. The molecule has 126 valence electrons. The molecule has 0 aromatic heterocycles. The maximum absolute atomic E-state index is 13.1. The minimum atomic E-state index is -1.20. The summed E-state index contributed by atoms with van der Waals surface area (Å²) >= 11 is 0. The zero-order valence-electron chi connectivity index (χ0n) is 14.5. The predicted octanol–water partition coefficient (Wildman–Crippen LogP) is 3.82. The van der Waals surface area contributed by atoms with E-state index in [1.807, 2.05) is 4.90 Å². The molecule has 0 N–H and O–H groups in total. The summed E-state index contributed by atoms with van der Waals surface area (Å²) in [7, 11) is 0. The summed E-state index contributed by atoms with van der Waals surface area (Å²) in [6.07, 6.45) is 5.40. The fourth-order valence-corrected chi connectivity index (χ4v) is 3.68. The highest BCUT2D eigenvalue weighted by Crippen LogP contribution is 2.47. The molecule has 1 fully saturated rings. The van der Waals surface area contributed by atoms with Gasteiger partial charge in [-0.25, -0.2) is 0 Å². The fourth-order valence-electron chi connectivity index (χ4n) is 3.68. The molecule has 2 heterocycles. The van der Waals surface area contributed by atoms with Gasteiger partial charge in [-0.05, 0) is 38.3 Å². The number of nitrogens with zero attached hydrogens (tertiary/aromatic N) is 1. The number of benzene rings is 1. The van der Waals surface area contributed by atoms with E-state index in [-0.39, 0.29) is 5.91 Å². The molecule has 3 rings (SSSR count). The Morgan fingerprint density at radius 1 is 1.13 bits per heavy atom. The van der Waals surface area contributed by atoms with Gasteiger partial charge in [0.1, 0.15) is 0 Å². The van der Waals surface area contributed by atoms with Gasteiger partial charge in [-0.2, -0.15) is 0 Å². The molecule has 1 spiro atoms. The lowest BCUT2D eigenvalue weighted by atomic mass is 10.00. The molecule has 1 aromatic rings. The Labute approximate surface area is 138 Å². The molecule has 0 aliphatic carbocycles. The number of carbonyl (C=O) groups is 1. The number of unbranched alkanes of at least 4 members (excludes halogenated alkanes) is 3. The summed E-state index contributed by atoms with van der Waals surface area (Å²) in [5.74, 6) is -1.24. The van der Waals surface area contributed by atoms with Crippen molar-refractivity contribution in [3.63, 3.8) is 0 Å². The molecule has 0 saturated carbocycles. The van der Waals surface area contributed by atoms with Crippen molar-refractivity contribution in [3.05, 3.63) is 28.8 Å². The second kappa shape index (κ2) is 6.62. The number of amides is 1. The van der Waals surface area contributed by atoms with E-state index in [9.17, 15) is 4.79 Å². The maximum Gasteiger partial charge on any atom is 0.292 e. The van der Waals surface area contributed by atoms with E-state index in [0.29, 0.717) is 13.2 Å². The molecule has 0 bridgehead atoms. The lowest BCUT2D eigenvalue weighted by Crippen LogP contribution is -2.47. The van der Waals surface area contributed by atoms with Crippen molar-refractivity contribution in [1.29, 1.82) is 0 Å². The first kappa shape index (κ1) is 16.5. The molecule has 0 radical (unpaired) electrons. The number of ether oxygens (including phenoxy) is 2. The van der Waals surface area contributed by atoms with E-state index in [1.165, 1.54) is 12.8 Å². The highest BCUT2D eigenvalue weighted by molar-refractivity contribution is 6.07. The molecular weight excluding hydrogens is 290 g/mol. The highest BCUT2D eigenvalue weighted by atomic mass is 16.7. The van der Waals surface area contributed by atoms with Gasteiger partial charge in [-0.1, -0.05) is 37.8 Å². The Kier molecular flexibility index (Phi) is 4.74. The summed E-state index contributed by atoms with van der Waals surface area (Å²) in [6.45, 7) is 8.20. The zero-order chi connectivity index (χ0) is 16.4. The van der Waals surface area contributed by atoms with Crippen molar-refractivity contribution < 1.29 is 14.3 Å². The molecule has 4 nitrogen and oxygen atoms in total. The van der Waals surface area contributed by atoms with Crippen molar-refractivity contribution in [3.8, 4) is 0 Å². The van der Waals surface area contributed by atoms with Crippen LogP contribution in [0.15, 0.2) is 12.1 Å². The van der Waals surface area contributed by atoms with E-state index < -0.39 is 5.79 Å². The SMILES string of the molecule is CCCCCCN1C(=O)C2(OCCCO2)c2cc(C)cc(C)c21. The van der Waals surface area contributed by atoms with Crippen LogP contribution in [0.4, 0.5) is 5.69 Å². The second-order valence-electron chi connectivity index (χ2n) is 6.66. The Hall–Kier alpha value is -1.39. The number of aryl methyl sites for hydroxylation is 2. The minimum Gasteiger partial charge on any atom is -0.338 e. The Balaban J connectivity index is 1.96. The lowest BCUT2D eigenvalue weighted by Gasteiger charge is -2.32. The number of anilines is 1. The first-order valence-electron chi connectivity index (χ1n) is 8.81. The van der Waals surface area contributed by atoms with Crippen LogP contribution < -0.4 is 4.90 Å². The number of fused-ring (bicyclic) bond motifs is 2. The largest absolute Gasteiger partial charge is 0.338 e. The van der Waals surface area contributed by atoms with Gasteiger partial charge in [0.05, 0.1) is 18.9 Å². The molecule has 2 aliphatic rings. The molecule has 1 amide bonds.